The minimum absolute atomic E-state index is 0.0363. The molecular formula is C25H28N4O2S. The van der Waals surface area contributed by atoms with Crippen LogP contribution in [0.5, 0.6) is 0 Å². The molecule has 0 aliphatic heterocycles. The summed E-state index contributed by atoms with van der Waals surface area (Å²) < 4.78 is 28.2. The van der Waals surface area contributed by atoms with Gasteiger partial charge in [0.25, 0.3) is 0 Å². The van der Waals surface area contributed by atoms with Gasteiger partial charge in [0, 0.05) is 23.0 Å². The average Bonchev–Trinajstić information content (AvgIpc) is 3.18. The van der Waals surface area contributed by atoms with Gasteiger partial charge in [-0.25, -0.2) is 13.1 Å². The van der Waals surface area contributed by atoms with Crippen molar-refractivity contribution < 1.29 is 8.42 Å². The molecule has 4 aromatic rings. The third-order valence-electron chi connectivity index (χ3n) is 5.20. The number of benzene rings is 3. The highest BCUT2D eigenvalue weighted by atomic mass is 32.2. The van der Waals surface area contributed by atoms with E-state index in [1.807, 2.05) is 35.0 Å². The summed E-state index contributed by atoms with van der Waals surface area (Å²) in [6, 6.07) is 23.9. The zero-order chi connectivity index (χ0) is 22.9. The maximum absolute atomic E-state index is 11.8. The molecule has 0 saturated carbocycles. The highest BCUT2D eigenvalue weighted by Gasteiger charge is 2.20. The molecule has 0 atom stereocenters. The minimum Gasteiger partial charge on any atom is -0.340 e. The van der Waals surface area contributed by atoms with Gasteiger partial charge >= 0.3 is 0 Å². The average molecular weight is 449 g/mol. The molecule has 166 valence electrons. The van der Waals surface area contributed by atoms with Crippen molar-refractivity contribution in [1.29, 1.82) is 0 Å². The molecule has 0 bridgehead atoms. The fraction of sp³-hybridized carbons (Fsp3) is 0.240. The molecular weight excluding hydrogens is 420 g/mol. The summed E-state index contributed by atoms with van der Waals surface area (Å²) in [7, 11) is -3.30. The second kappa shape index (κ2) is 8.31. The number of hydrogen-bond acceptors (Lipinski definition) is 4. The van der Waals surface area contributed by atoms with E-state index < -0.39 is 10.0 Å². The first-order valence-corrected chi connectivity index (χ1v) is 12.3. The van der Waals surface area contributed by atoms with E-state index in [-0.39, 0.29) is 11.3 Å². The molecule has 7 heteroatoms. The lowest BCUT2D eigenvalue weighted by Gasteiger charge is -2.23. The topological polar surface area (TPSA) is 76.0 Å². The number of anilines is 3. The molecule has 1 heterocycles. The van der Waals surface area contributed by atoms with E-state index in [0.29, 0.717) is 5.69 Å². The van der Waals surface area contributed by atoms with Gasteiger partial charge < -0.3 is 5.32 Å². The van der Waals surface area contributed by atoms with E-state index in [4.69, 9.17) is 5.10 Å². The Morgan fingerprint density at radius 3 is 2.19 bits per heavy atom. The van der Waals surface area contributed by atoms with Crippen LogP contribution in [0.25, 0.3) is 22.0 Å². The third-order valence-corrected chi connectivity index (χ3v) is 6.51. The SMILES string of the molecule is CCS(=O)(=O)Nc1ccc(-c2cc(Nc3ccc4ccccc4c3)n(C(C)(C)C)n2)cc1. The fourth-order valence-corrected chi connectivity index (χ4v) is 4.14. The maximum atomic E-state index is 11.8. The molecule has 32 heavy (non-hydrogen) atoms. The molecule has 0 aliphatic rings. The van der Waals surface area contributed by atoms with Crippen LogP contribution in [-0.4, -0.2) is 24.0 Å². The van der Waals surface area contributed by atoms with Gasteiger partial charge in [0.2, 0.25) is 10.0 Å². The van der Waals surface area contributed by atoms with Gasteiger partial charge in [0.05, 0.1) is 17.0 Å². The molecule has 0 amide bonds. The lowest BCUT2D eigenvalue weighted by atomic mass is 10.1. The van der Waals surface area contributed by atoms with Crippen LogP contribution in [0.3, 0.4) is 0 Å². The number of aromatic nitrogens is 2. The number of hydrogen-bond donors (Lipinski definition) is 2. The second-order valence-corrected chi connectivity index (χ2v) is 10.8. The van der Waals surface area contributed by atoms with Crippen LogP contribution in [0, 0.1) is 0 Å². The van der Waals surface area contributed by atoms with Crippen LogP contribution in [0.15, 0.2) is 72.8 Å². The minimum atomic E-state index is -3.30. The Kier molecular flexibility index (Phi) is 5.69. The van der Waals surface area contributed by atoms with Gasteiger partial charge in [-0.3, -0.25) is 4.72 Å². The van der Waals surface area contributed by atoms with Gasteiger partial charge in [-0.05, 0) is 62.7 Å². The summed E-state index contributed by atoms with van der Waals surface area (Å²) in [6.07, 6.45) is 0. The number of rotatable bonds is 6. The second-order valence-electron chi connectivity index (χ2n) is 8.77. The smallest absolute Gasteiger partial charge is 0.232 e. The summed E-state index contributed by atoms with van der Waals surface area (Å²) in [6.45, 7) is 7.94. The zero-order valence-corrected chi connectivity index (χ0v) is 19.6. The van der Waals surface area contributed by atoms with E-state index >= 15 is 0 Å². The fourth-order valence-electron chi connectivity index (χ4n) is 3.50. The monoisotopic (exact) mass is 448 g/mol. The Balaban J connectivity index is 1.66. The highest BCUT2D eigenvalue weighted by Crippen LogP contribution is 2.30. The molecule has 0 saturated heterocycles. The Bertz CT molecular complexity index is 1350. The van der Waals surface area contributed by atoms with Crippen LogP contribution in [0.2, 0.25) is 0 Å². The van der Waals surface area contributed by atoms with E-state index in [2.05, 4.69) is 61.1 Å². The molecule has 0 aliphatic carbocycles. The quantitative estimate of drug-likeness (QED) is 0.381. The number of sulfonamides is 1. The summed E-state index contributed by atoms with van der Waals surface area (Å²) in [5, 5.41) is 10.7. The van der Waals surface area contributed by atoms with Crippen molar-refractivity contribution in [3.8, 4) is 11.3 Å². The molecule has 0 unspecified atom stereocenters. The standard InChI is InChI=1S/C25H28N4O2S/c1-5-32(30,31)28-21-13-11-19(12-14-21)23-17-24(29(27-23)25(2,3)4)26-22-15-10-18-8-6-7-9-20(18)16-22/h6-17,26,28H,5H2,1-4H3. The Morgan fingerprint density at radius 2 is 1.53 bits per heavy atom. The summed E-state index contributed by atoms with van der Waals surface area (Å²) >= 11 is 0. The van der Waals surface area contributed by atoms with Crippen molar-refractivity contribution in [3.05, 3.63) is 72.8 Å². The van der Waals surface area contributed by atoms with Crippen molar-refractivity contribution in [2.45, 2.75) is 33.2 Å². The summed E-state index contributed by atoms with van der Waals surface area (Å²) in [4.78, 5) is 0. The van der Waals surface area contributed by atoms with Crippen molar-refractivity contribution in [3.63, 3.8) is 0 Å². The predicted molar refractivity (Wildman–Crippen MR) is 133 cm³/mol. The number of nitrogens with zero attached hydrogens (tertiary/aromatic N) is 2. The molecule has 2 N–H and O–H groups in total. The largest absolute Gasteiger partial charge is 0.340 e. The lowest BCUT2D eigenvalue weighted by Crippen LogP contribution is -2.24. The Morgan fingerprint density at radius 1 is 0.875 bits per heavy atom. The van der Waals surface area contributed by atoms with E-state index in [1.54, 1.807) is 19.1 Å². The van der Waals surface area contributed by atoms with Crippen LogP contribution >= 0.6 is 0 Å². The zero-order valence-electron chi connectivity index (χ0n) is 18.8. The molecule has 3 aromatic carbocycles. The Hall–Kier alpha value is -3.32. The maximum Gasteiger partial charge on any atom is 0.232 e. The van der Waals surface area contributed by atoms with Gasteiger partial charge in [-0.2, -0.15) is 5.10 Å². The summed E-state index contributed by atoms with van der Waals surface area (Å²) in [5.41, 5.74) is 3.03. The first kappa shape index (κ1) is 21.9. The number of nitrogens with one attached hydrogen (secondary N) is 2. The molecule has 6 nitrogen and oxygen atoms in total. The Labute approximate surface area is 189 Å². The van der Waals surface area contributed by atoms with Gasteiger partial charge in [0.1, 0.15) is 5.82 Å². The highest BCUT2D eigenvalue weighted by molar-refractivity contribution is 7.92. The van der Waals surface area contributed by atoms with Crippen LogP contribution in [0.1, 0.15) is 27.7 Å². The lowest BCUT2D eigenvalue weighted by molar-refractivity contribution is 0.362. The van der Waals surface area contributed by atoms with E-state index in [9.17, 15) is 8.42 Å². The molecule has 0 spiro atoms. The van der Waals surface area contributed by atoms with Gasteiger partial charge in [-0.15, -0.1) is 0 Å². The van der Waals surface area contributed by atoms with Crippen LogP contribution in [0.4, 0.5) is 17.2 Å². The summed E-state index contributed by atoms with van der Waals surface area (Å²) in [5.74, 6) is 0.924. The van der Waals surface area contributed by atoms with Crippen molar-refractivity contribution in [2.75, 3.05) is 15.8 Å². The van der Waals surface area contributed by atoms with Crippen molar-refractivity contribution >= 4 is 38.0 Å². The van der Waals surface area contributed by atoms with Gasteiger partial charge in [-0.1, -0.05) is 42.5 Å². The number of fused-ring (bicyclic) bond motifs is 1. The first-order chi connectivity index (χ1) is 15.1. The predicted octanol–water partition coefficient (Wildman–Crippen LogP) is 5.96. The van der Waals surface area contributed by atoms with Crippen molar-refractivity contribution in [1.82, 2.24) is 9.78 Å². The third kappa shape index (κ3) is 4.78. The van der Waals surface area contributed by atoms with Gasteiger partial charge in [0.15, 0.2) is 0 Å². The first-order valence-electron chi connectivity index (χ1n) is 10.6. The molecule has 1 aromatic heterocycles. The molecule has 0 radical (unpaired) electrons. The van der Waals surface area contributed by atoms with E-state index in [0.717, 1.165) is 22.8 Å². The van der Waals surface area contributed by atoms with Crippen molar-refractivity contribution in [2.24, 2.45) is 0 Å². The molecule has 0 fully saturated rings. The van der Waals surface area contributed by atoms with E-state index in [1.165, 1.54) is 10.8 Å². The molecule has 4 rings (SSSR count). The van der Waals surface area contributed by atoms with Crippen LogP contribution in [-0.2, 0) is 15.6 Å². The van der Waals surface area contributed by atoms with Crippen LogP contribution < -0.4 is 10.0 Å². The normalized spacial score (nSPS) is 12.1.